The van der Waals surface area contributed by atoms with E-state index in [4.69, 9.17) is 18.9 Å². The molecule has 0 bridgehead atoms. The average Bonchev–Trinajstić information content (AvgIpc) is 2.90. The molecule has 2 atom stereocenters. The van der Waals surface area contributed by atoms with Gasteiger partial charge in [0.05, 0.1) is 12.7 Å². The number of hydrogen-bond acceptors (Lipinski definition) is 4. The van der Waals surface area contributed by atoms with Crippen LogP contribution in [0.1, 0.15) is 98.5 Å². The fourth-order valence-corrected chi connectivity index (χ4v) is 3.70. The quantitative estimate of drug-likeness (QED) is 0.242. The normalized spacial score (nSPS) is 15.0. The van der Waals surface area contributed by atoms with Gasteiger partial charge in [-0.05, 0) is 86.9 Å². The van der Waals surface area contributed by atoms with Gasteiger partial charge in [-0.3, -0.25) is 0 Å². The molecule has 1 aliphatic carbocycles. The lowest BCUT2D eigenvalue weighted by atomic mass is 9.98. The Kier molecular flexibility index (Phi) is 15.9. The minimum atomic E-state index is -0.325. The number of ether oxygens (including phenoxy) is 4. The van der Waals surface area contributed by atoms with Crippen LogP contribution in [0.2, 0.25) is 0 Å². The summed E-state index contributed by atoms with van der Waals surface area (Å²) in [4.78, 5) is 0. The van der Waals surface area contributed by atoms with E-state index in [2.05, 4.69) is 26.0 Å². The first-order valence-corrected chi connectivity index (χ1v) is 13.4. The summed E-state index contributed by atoms with van der Waals surface area (Å²) in [5.41, 5.74) is 1.34. The molecule has 192 valence electrons. The maximum Gasteiger partial charge on any atom is 0.197 e. The molecule has 1 aliphatic rings. The fourth-order valence-electron chi connectivity index (χ4n) is 3.70. The van der Waals surface area contributed by atoms with Crippen molar-refractivity contribution in [3.8, 4) is 17.2 Å². The van der Waals surface area contributed by atoms with Gasteiger partial charge in [0, 0.05) is 0 Å². The highest BCUT2D eigenvalue weighted by atomic mass is 16.7. The van der Waals surface area contributed by atoms with E-state index in [1.807, 2.05) is 71.0 Å². The van der Waals surface area contributed by atoms with Gasteiger partial charge in [-0.1, -0.05) is 60.1 Å². The fraction of sp³-hybridized carbons (Fsp3) is 0.600. The Bertz CT molecular complexity index is 720. The van der Waals surface area contributed by atoms with Crippen molar-refractivity contribution in [3.63, 3.8) is 0 Å². The third-order valence-corrected chi connectivity index (χ3v) is 5.75. The summed E-state index contributed by atoms with van der Waals surface area (Å²) in [5, 5.41) is 0. The molecule has 0 spiro atoms. The van der Waals surface area contributed by atoms with Crippen molar-refractivity contribution in [2.24, 2.45) is 0 Å². The van der Waals surface area contributed by atoms with Crippen LogP contribution in [0, 0.1) is 0 Å². The average molecular weight is 473 g/mol. The van der Waals surface area contributed by atoms with Crippen molar-refractivity contribution in [3.05, 3.63) is 54.1 Å². The smallest absolute Gasteiger partial charge is 0.197 e. The van der Waals surface area contributed by atoms with E-state index < -0.39 is 0 Å². The van der Waals surface area contributed by atoms with Crippen LogP contribution in [-0.4, -0.2) is 25.6 Å². The van der Waals surface area contributed by atoms with Crippen LogP contribution in [0.5, 0.6) is 17.2 Å². The summed E-state index contributed by atoms with van der Waals surface area (Å²) in [5.74, 6) is 3.14. The zero-order valence-electron chi connectivity index (χ0n) is 22.6. The molecular formula is C30H48O4. The van der Waals surface area contributed by atoms with Crippen LogP contribution in [0.3, 0.4) is 0 Å². The van der Waals surface area contributed by atoms with E-state index >= 15 is 0 Å². The van der Waals surface area contributed by atoms with Crippen LogP contribution in [0.4, 0.5) is 0 Å². The van der Waals surface area contributed by atoms with Crippen molar-refractivity contribution in [2.45, 2.75) is 105 Å². The highest BCUT2D eigenvalue weighted by Crippen LogP contribution is 2.25. The van der Waals surface area contributed by atoms with Crippen molar-refractivity contribution >= 4 is 0 Å². The zero-order chi connectivity index (χ0) is 25.2. The van der Waals surface area contributed by atoms with Crippen LogP contribution < -0.4 is 14.2 Å². The summed E-state index contributed by atoms with van der Waals surface area (Å²) in [6.45, 7) is 15.3. The van der Waals surface area contributed by atoms with Crippen LogP contribution in [0.15, 0.2) is 48.5 Å². The highest BCUT2D eigenvalue weighted by molar-refractivity contribution is 5.31. The standard InChI is InChI=1S/C26H36O4.2C2H6/c1-4-20(2)22-10-12-25(13-11-22)29-21(3)27-18-19-28-23-14-16-26(17-15-23)30-24-8-6-5-7-9-24;2*1-2/h10-17,20-21,24H,4-9,18-19H2,1-3H3;2*1-2H3. The Balaban J connectivity index is 0.00000137. The second-order valence-corrected chi connectivity index (χ2v) is 8.13. The lowest BCUT2D eigenvalue weighted by Crippen LogP contribution is -2.20. The largest absolute Gasteiger partial charge is 0.491 e. The molecule has 0 saturated heterocycles. The first kappa shape index (κ1) is 29.8. The molecular weight excluding hydrogens is 424 g/mol. The monoisotopic (exact) mass is 472 g/mol. The van der Waals surface area contributed by atoms with Gasteiger partial charge in [0.2, 0.25) is 0 Å². The third kappa shape index (κ3) is 11.3. The molecule has 1 fully saturated rings. The van der Waals surface area contributed by atoms with E-state index in [0.717, 1.165) is 36.5 Å². The van der Waals surface area contributed by atoms with Gasteiger partial charge in [-0.2, -0.15) is 0 Å². The Labute approximate surface area is 209 Å². The van der Waals surface area contributed by atoms with Gasteiger partial charge in [0.1, 0.15) is 23.9 Å². The second kappa shape index (κ2) is 18.2. The molecule has 2 aromatic rings. The molecule has 2 aromatic carbocycles. The molecule has 34 heavy (non-hydrogen) atoms. The minimum absolute atomic E-state index is 0.325. The van der Waals surface area contributed by atoms with Gasteiger partial charge < -0.3 is 18.9 Å². The first-order chi connectivity index (χ1) is 16.6. The maximum absolute atomic E-state index is 6.05. The van der Waals surface area contributed by atoms with Crippen molar-refractivity contribution < 1.29 is 18.9 Å². The molecule has 1 saturated carbocycles. The van der Waals surface area contributed by atoms with Crippen molar-refractivity contribution in [1.82, 2.24) is 0 Å². The SMILES string of the molecule is CC.CC.CCC(C)c1ccc(OC(C)OCCOc2ccc(OC3CCCCC3)cc2)cc1. The Hall–Kier alpha value is -2.20. The lowest BCUT2D eigenvalue weighted by Gasteiger charge is -2.23. The Morgan fingerprint density at radius 1 is 0.735 bits per heavy atom. The summed E-state index contributed by atoms with van der Waals surface area (Å²) in [6, 6.07) is 16.2. The van der Waals surface area contributed by atoms with E-state index in [-0.39, 0.29) is 6.29 Å². The first-order valence-electron chi connectivity index (χ1n) is 13.4. The van der Waals surface area contributed by atoms with Crippen molar-refractivity contribution in [2.75, 3.05) is 13.2 Å². The maximum atomic E-state index is 6.05. The molecule has 0 amide bonds. The minimum Gasteiger partial charge on any atom is -0.491 e. The molecule has 4 heteroatoms. The Morgan fingerprint density at radius 3 is 1.88 bits per heavy atom. The van der Waals surface area contributed by atoms with E-state index in [1.165, 1.54) is 24.8 Å². The number of rotatable bonds is 11. The van der Waals surface area contributed by atoms with Crippen LogP contribution >= 0.6 is 0 Å². The van der Waals surface area contributed by atoms with E-state index in [1.54, 1.807) is 0 Å². The van der Waals surface area contributed by atoms with Crippen molar-refractivity contribution in [1.29, 1.82) is 0 Å². The zero-order valence-corrected chi connectivity index (χ0v) is 22.6. The topological polar surface area (TPSA) is 36.9 Å². The van der Waals surface area contributed by atoms with Crippen LogP contribution in [-0.2, 0) is 4.74 Å². The molecule has 0 heterocycles. The predicted octanol–water partition coefficient (Wildman–Crippen LogP) is 8.78. The van der Waals surface area contributed by atoms with Gasteiger partial charge in [0.15, 0.2) is 6.29 Å². The van der Waals surface area contributed by atoms with Gasteiger partial charge in [0.25, 0.3) is 0 Å². The number of benzene rings is 2. The summed E-state index contributed by atoms with van der Waals surface area (Å²) < 4.78 is 23.4. The molecule has 0 N–H and O–H groups in total. The Morgan fingerprint density at radius 2 is 1.29 bits per heavy atom. The third-order valence-electron chi connectivity index (χ3n) is 5.75. The summed E-state index contributed by atoms with van der Waals surface area (Å²) >= 11 is 0. The van der Waals surface area contributed by atoms with E-state index in [0.29, 0.717) is 25.2 Å². The van der Waals surface area contributed by atoms with Gasteiger partial charge in [-0.25, -0.2) is 0 Å². The molecule has 2 unspecified atom stereocenters. The van der Waals surface area contributed by atoms with Crippen LogP contribution in [0.25, 0.3) is 0 Å². The predicted molar refractivity (Wildman–Crippen MR) is 143 cm³/mol. The van der Waals surface area contributed by atoms with E-state index in [9.17, 15) is 0 Å². The summed E-state index contributed by atoms with van der Waals surface area (Å²) in [6.07, 6.45) is 7.39. The van der Waals surface area contributed by atoms with Gasteiger partial charge in [-0.15, -0.1) is 0 Å². The molecule has 3 rings (SSSR count). The number of hydrogen-bond donors (Lipinski definition) is 0. The van der Waals surface area contributed by atoms with Gasteiger partial charge >= 0.3 is 0 Å². The molecule has 0 aliphatic heterocycles. The molecule has 0 aromatic heterocycles. The second-order valence-electron chi connectivity index (χ2n) is 8.13. The lowest BCUT2D eigenvalue weighted by molar-refractivity contribution is -0.0739. The molecule has 0 radical (unpaired) electrons. The highest BCUT2D eigenvalue weighted by Gasteiger charge is 2.14. The molecule has 4 nitrogen and oxygen atoms in total. The summed E-state index contributed by atoms with van der Waals surface area (Å²) in [7, 11) is 0.